The highest BCUT2D eigenvalue weighted by Crippen LogP contribution is 2.23. The Kier molecular flexibility index (Phi) is 3.48. The van der Waals surface area contributed by atoms with E-state index in [1.54, 1.807) is 13.0 Å². The van der Waals surface area contributed by atoms with Crippen LogP contribution in [0.5, 0.6) is 11.5 Å². The lowest BCUT2D eigenvalue weighted by atomic mass is 10.1. The molecule has 18 heavy (non-hydrogen) atoms. The minimum absolute atomic E-state index is 0.00566. The number of benzene rings is 2. The fraction of sp³-hybridized carbons (Fsp3) is 0.0714. The number of hydrazone groups is 1. The third-order valence-electron chi connectivity index (χ3n) is 2.50. The Morgan fingerprint density at radius 1 is 1.06 bits per heavy atom. The SMILES string of the molecule is C/C(=N\Nc1ccccc1)c1ccc(O)cc1O. The molecule has 0 aliphatic rings. The van der Waals surface area contributed by atoms with Crippen LogP contribution in [0.3, 0.4) is 0 Å². The van der Waals surface area contributed by atoms with Crippen LogP contribution in [0.1, 0.15) is 12.5 Å². The molecule has 0 unspecified atom stereocenters. The summed E-state index contributed by atoms with van der Waals surface area (Å²) in [5, 5.41) is 23.1. The smallest absolute Gasteiger partial charge is 0.128 e. The highest BCUT2D eigenvalue weighted by molar-refractivity contribution is 6.01. The van der Waals surface area contributed by atoms with Gasteiger partial charge in [-0.1, -0.05) is 18.2 Å². The van der Waals surface area contributed by atoms with E-state index >= 15 is 0 Å². The van der Waals surface area contributed by atoms with Crippen LogP contribution >= 0.6 is 0 Å². The predicted molar refractivity (Wildman–Crippen MR) is 72.0 cm³/mol. The van der Waals surface area contributed by atoms with Crippen LogP contribution in [0.2, 0.25) is 0 Å². The molecule has 0 fully saturated rings. The first-order chi connectivity index (χ1) is 8.66. The molecule has 4 nitrogen and oxygen atoms in total. The molecule has 2 aromatic rings. The summed E-state index contributed by atoms with van der Waals surface area (Å²) < 4.78 is 0. The largest absolute Gasteiger partial charge is 0.508 e. The van der Waals surface area contributed by atoms with Gasteiger partial charge in [0, 0.05) is 11.6 Å². The molecule has 0 heterocycles. The standard InChI is InChI=1S/C14H14N2O2/c1-10(13-8-7-12(17)9-14(13)18)15-16-11-5-3-2-4-6-11/h2-9,16-18H,1H3/b15-10+. The van der Waals surface area contributed by atoms with Crippen molar-refractivity contribution >= 4 is 11.4 Å². The number of phenols is 2. The lowest BCUT2D eigenvalue weighted by Gasteiger charge is -2.05. The van der Waals surface area contributed by atoms with Crippen molar-refractivity contribution in [2.24, 2.45) is 5.10 Å². The van der Waals surface area contributed by atoms with Crippen molar-refractivity contribution in [3.05, 3.63) is 54.1 Å². The van der Waals surface area contributed by atoms with Crippen LogP contribution in [0, 0.1) is 0 Å². The van der Waals surface area contributed by atoms with Gasteiger partial charge in [-0.15, -0.1) is 0 Å². The average molecular weight is 242 g/mol. The van der Waals surface area contributed by atoms with Crippen LogP contribution in [-0.4, -0.2) is 15.9 Å². The number of rotatable bonds is 3. The van der Waals surface area contributed by atoms with E-state index in [2.05, 4.69) is 10.5 Å². The van der Waals surface area contributed by atoms with Crippen molar-refractivity contribution in [2.45, 2.75) is 6.92 Å². The van der Waals surface area contributed by atoms with Crippen LogP contribution in [-0.2, 0) is 0 Å². The highest BCUT2D eigenvalue weighted by atomic mass is 16.3. The minimum Gasteiger partial charge on any atom is -0.508 e. The quantitative estimate of drug-likeness (QED) is 0.572. The van der Waals surface area contributed by atoms with Gasteiger partial charge in [-0.05, 0) is 31.2 Å². The van der Waals surface area contributed by atoms with E-state index in [0.717, 1.165) is 5.69 Å². The Morgan fingerprint density at radius 3 is 2.44 bits per heavy atom. The van der Waals surface area contributed by atoms with Gasteiger partial charge in [0.25, 0.3) is 0 Å². The summed E-state index contributed by atoms with van der Waals surface area (Å²) >= 11 is 0. The molecule has 0 spiro atoms. The third-order valence-corrected chi connectivity index (χ3v) is 2.50. The van der Waals surface area contributed by atoms with Gasteiger partial charge < -0.3 is 10.2 Å². The molecule has 2 aromatic carbocycles. The molecule has 0 saturated heterocycles. The predicted octanol–water partition coefficient (Wildman–Crippen LogP) is 2.93. The summed E-state index contributed by atoms with van der Waals surface area (Å²) in [5.74, 6) is 0.0335. The maximum absolute atomic E-state index is 9.69. The molecule has 0 aromatic heterocycles. The topological polar surface area (TPSA) is 64.9 Å². The van der Waals surface area contributed by atoms with Gasteiger partial charge in [0.05, 0.1) is 11.4 Å². The molecule has 2 rings (SSSR count). The van der Waals surface area contributed by atoms with Crippen molar-refractivity contribution in [3.8, 4) is 11.5 Å². The number of para-hydroxylation sites is 1. The second-order valence-electron chi connectivity index (χ2n) is 3.88. The maximum atomic E-state index is 9.69. The number of hydrogen-bond acceptors (Lipinski definition) is 4. The fourth-order valence-corrected chi connectivity index (χ4v) is 1.55. The summed E-state index contributed by atoms with van der Waals surface area (Å²) in [4.78, 5) is 0. The number of phenolic OH excluding ortho intramolecular Hbond substituents is 2. The molecule has 0 aliphatic carbocycles. The molecule has 0 aliphatic heterocycles. The Balaban J connectivity index is 2.18. The van der Waals surface area contributed by atoms with Gasteiger partial charge in [0.15, 0.2) is 0 Å². The van der Waals surface area contributed by atoms with E-state index in [4.69, 9.17) is 0 Å². The van der Waals surface area contributed by atoms with Gasteiger partial charge in [0.2, 0.25) is 0 Å². The lowest BCUT2D eigenvalue weighted by Crippen LogP contribution is -1.99. The van der Waals surface area contributed by atoms with Gasteiger partial charge in [-0.3, -0.25) is 5.43 Å². The zero-order chi connectivity index (χ0) is 13.0. The lowest BCUT2D eigenvalue weighted by molar-refractivity contribution is 0.450. The van der Waals surface area contributed by atoms with Crippen LogP contribution < -0.4 is 5.43 Å². The zero-order valence-electron chi connectivity index (χ0n) is 9.96. The summed E-state index contributed by atoms with van der Waals surface area (Å²) in [7, 11) is 0. The van der Waals surface area contributed by atoms with Crippen molar-refractivity contribution in [3.63, 3.8) is 0 Å². The molecule has 92 valence electrons. The van der Waals surface area contributed by atoms with E-state index in [1.165, 1.54) is 12.1 Å². The fourth-order valence-electron chi connectivity index (χ4n) is 1.55. The highest BCUT2D eigenvalue weighted by Gasteiger charge is 2.05. The number of nitrogens with zero attached hydrogens (tertiary/aromatic N) is 1. The summed E-state index contributed by atoms with van der Waals surface area (Å²) in [6.07, 6.45) is 0. The van der Waals surface area contributed by atoms with Gasteiger partial charge in [-0.2, -0.15) is 5.10 Å². The van der Waals surface area contributed by atoms with E-state index < -0.39 is 0 Å². The molecule has 0 amide bonds. The second-order valence-corrected chi connectivity index (χ2v) is 3.88. The van der Waals surface area contributed by atoms with Crippen molar-refractivity contribution in [1.29, 1.82) is 0 Å². The third kappa shape index (κ3) is 2.79. The van der Waals surface area contributed by atoms with Crippen molar-refractivity contribution in [1.82, 2.24) is 0 Å². The molecule has 0 bridgehead atoms. The Bertz CT molecular complexity index is 565. The Hall–Kier alpha value is -2.49. The number of nitrogens with one attached hydrogen (secondary N) is 1. The average Bonchev–Trinajstić information content (AvgIpc) is 2.37. The molecular formula is C14H14N2O2. The molecule has 3 N–H and O–H groups in total. The number of aromatic hydroxyl groups is 2. The molecule has 0 radical (unpaired) electrons. The van der Waals surface area contributed by atoms with Crippen molar-refractivity contribution in [2.75, 3.05) is 5.43 Å². The number of hydrogen-bond donors (Lipinski definition) is 3. The van der Waals surface area contributed by atoms with Crippen LogP contribution in [0.4, 0.5) is 5.69 Å². The number of anilines is 1. The van der Waals surface area contributed by atoms with E-state index in [9.17, 15) is 10.2 Å². The minimum atomic E-state index is 0.00566. The monoisotopic (exact) mass is 242 g/mol. The first-order valence-electron chi connectivity index (χ1n) is 5.54. The normalized spacial score (nSPS) is 11.3. The van der Waals surface area contributed by atoms with Gasteiger partial charge in [0.1, 0.15) is 11.5 Å². The second kappa shape index (κ2) is 5.23. The Morgan fingerprint density at radius 2 is 1.78 bits per heavy atom. The van der Waals surface area contributed by atoms with Crippen molar-refractivity contribution < 1.29 is 10.2 Å². The molecule has 0 atom stereocenters. The summed E-state index contributed by atoms with van der Waals surface area (Å²) in [5.41, 5.74) is 4.98. The van der Waals surface area contributed by atoms with Gasteiger partial charge in [-0.25, -0.2) is 0 Å². The summed E-state index contributed by atoms with van der Waals surface area (Å²) in [6, 6.07) is 14.0. The van der Waals surface area contributed by atoms with E-state index in [-0.39, 0.29) is 11.5 Å². The molecular weight excluding hydrogens is 228 g/mol. The Labute approximate surface area is 105 Å². The molecule has 0 saturated carbocycles. The van der Waals surface area contributed by atoms with E-state index in [0.29, 0.717) is 11.3 Å². The first-order valence-corrected chi connectivity index (χ1v) is 5.54. The zero-order valence-corrected chi connectivity index (χ0v) is 9.96. The summed E-state index contributed by atoms with van der Waals surface area (Å²) in [6.45, 7) is 1.78. The van der Waals surface area contributed by atoms with Gasteiger partial charge >= 0.3 is 0 Å². The maximum Gasteiger partial charge on any atom is 0.128 e. The van der Waals surface area contributed by atoms with E-state index in [1.807, 2.05) is 30.3 Å². The van der Waals surface area contributed by atoms with Crippen LogP contribution in [0.15, 0.2) is 53.6 Å². The van der Waals surface area contributed by atoms with Crippen LogP contribution in [0.25, 0.3) is 0 Å². The molecule has 4 heteroatoms. The first kappa shape index (κ1) is 12.0.